The summed E-state index contributed by atoms with van der Waals surface area (Å²) in [6.07, 6.45) is 0. The van der Waals surface area contributed by atoms with Gasteiger partial charge < -0.3 is 18.9 Å². The molecule has 1 aromatic heterocycles. The van der Waals surface area contributed by atoms with Crippen LogP contribution in [0.2, 0.25) is 0 Å². The molecule has 8 nitrogen and oxygen atoms in total. The Labute approximate surface area is 209 Å². The van der Waals surface area contributed by atoms with Crippen molar-refractivity contribution < 1.29 is 18.9 Å². The van der Waals surface area contributed by atoms with Crippen molar-refractivity contribution in [3.05, 3.63) is 88.7 Å². The van der Waals surface area contributed by atoms with Crippen LogP contribution in [-0.2, 0) is 0 Å². The maximum Gasteiger partial charge on any atom is 0.280 e. The first-order valence-corrected chi connectivity index (χ1v) is 11.5. The van der Waals surface area contributed by atoms with Gasteiger partial charge >= 0.3 is 0 Å². The van der Waals surface area contributed by atoms with E-state index in [-0.39, 0.29) is 5.56 Å². The predicted octanol–water partition coefficient (Wildman–Crippen LogP) is 4.75. The summed E-state index contributed by atoms with van der Waals surface area (Å²) in [6.45, 7) is 2.55. The van der Waals surface area contributed by atoms with E-state index >= 15 is 0 Å². The number of H-pyrrole nitrogens is 1. The standard InChI is InChI=1S/C28H29N3O5/c1-19(29-17-18-36-25-8-6-5-7-24(25)35-4)26-27(20-9-13-22(33-2)14-10-20)30-31(28(26)32)21-11-15-23(34-3)16-12-21/h5-16,30H,17-18H2,1-4H3. The maximum absolute atomic E-state index is 13.6. The molecule has 4 aromatic rings. The predicted molar refractivity (Wildman–Crippen MR) is 140 cm³/mol. The first-order valence-electron chi connectivity index (χ1n) is 11.5. The van der Waals surface area contributed by atoms with Crippen molar-refractivity contribution in [1.29, 1.82) is 0 Å². The fourth-order valence-corrected chi connectivity index (χ4v) is 3.84. The van der Waals surface area contributed by atoms with E-state index in [9.17, 15) is 4.79 Å². The molecule has 0 amide bonds. The van der Waals surface area contributed by atoms with Gasteiger partial charge in [-0.05, 0) is 67.6 Å². The van der Waals surface area contributed by atoms with Gasteiger partial charge in [-0.15, -0.1) is 0 Å². The molecule has 0 bridgehead atoms. The van der Waals surface area contributed by atoms with E-state index in [1.54, 1.807) is 21.3 Å². The third-order valence-corrected chi connectivity index (χ3v) is 5.73. The Balaban J connectivity index is 1.66. The van der Waals surface area contributed by atoms with Crippen molar-refractivity contribution in [2.24, 2.45) is 4.99 Å². The van der Waals surface area contributed by atoms with E-state index in [4.69, 9.17) is 18.9 Å². The van der Waals surface area contributed by atoms with Gasteiger partial charge in [0, 0.05) is 11.3 Å². The van der Waals surface area contributed by atoms with Crippen LogP contribution < -0.4 is 24.5 Å². The lowest BCUT2D eigenvalue weighted by atomic mass is 10.1. The van der Waals surface area contributed by atoms with Crippen molar-refractivity contribution in [2.75, 3.05) is 34.5 Å². The van der Waals surface area contributed by atoms with Crippen LogP contribution in [0, 0.1) is 0 Å². The summed E-state index contributed by atoms with van der Waals surface area (Å²) in [4.78, 5) is 18.2. The number of nitrogens with zero attached hydrogens (tertiary/aromatic N) is 2. The monoisotopic (exact) mass is 487 g/mol. The van der Waals surface area contributed by atoms with Gasteiger partial charge in [-0.25, -0.2) is 4.68 Å². The van der Waals surface area contributed by atoms with Gasteiger partial charge in [0.2, 0.25) is 0 Å². The molecule has 0 radical (unpaired) electrons. The summed E-state index contributed by atoms with van der Waals surface area (Å²) in [7, 11) is 4.82. The van der Waals surface area contributed by atoms with Crippen LogP contribution in [0.1, 0.15) is 12.5 Å². The lowest BCUT2D eigenvalue weighted by Gasteiger charge is -2.09. The van der Waals surface area contributed by atoms with Crippen LogP contribution in [0.4, 0.5) is 0 Å². The fraction of sp³-hybridized carbons (Fsp3) is 0.214. The molecule has 0 aliphatic rings. The summed E-state index contributed by atoms with van der Waals surface area (Å²) >= 11 is 0. The van der Waals surface area contributed by atoms with E-state index < -0.39 is 0 Å². The number of para-hydroxylation sites is 2. The normalized spacial score (nSPS) is 11.3. The van der Waals surface area contributed by atoms with E-state index in [0.717, 1.165) is 11.3 Å². The van der Waals surface area contributed by atoms with E-state index in [1.807, 2.05) is 79.7 Å². The highest BCUT2D eigenvalue weighted by Crippen LogP contribution is 2.26. The van der Waals surface area contributed by atoms with Crippen LogP contribution in [0.3, 0.4) is 0 Å². The highest BCUT2D eigenvalue weighted by molar-refractivity contribution is 6.03. The summed E-state index contributed by atoms with van der Waals surface area (Å²) in [6, 6.07) is 22.3. The Hall–Kier alpha value is -4.46. The zero-order chi connectivity index (χ0) is 25.5. The van der Waals surface area contributed by atoms with Crippen molar-refractivity contribution in [2.45, 2.75) is 6.92 Å². The second-order valence-corrected chi connectivity index (χ2v) is 7.90. The van der Waals surface area contributed by atoms with Gasteiger partial charge in [-0.2, -0.15) is 0 Å². The molecule has 8 heteroatoms. The molecular weight excluding hydrogens is 458 g/mol. The number of hydrogen-bond donors (Lipinski definition) is 1. The number of methoxy groups -OCH3 is 3. The summed E-state index contributed by atoms with van der Waals surface area (Å²) in [5, 5.41) is 3.26. The van der Waals surface area contributed by atoms with E-state index in [1.165, 1.54) is 4.68 Å². The van der Waals surface area contributed by atoms with E-state index in [2.05, 4.69) is 10.1 Å². The lowest BCUT2D eigenvalue weighted by molar-refractivity contribution is 0.303. The van der Waals surface area contributed by atoms with Crippen molar-refractivity contribution >= 4 is 5.71 Å². The third kappa shape index (κ3) is 5.27. The van der Waals surface area contributed by atoms with Crippen LogP contribution in [0.15, 0.2) is 82.6 Å². The highest BCUT2D eigenvalue weighted by atomic mass is 16.5. The summed E-state index contributed by atoms with van der Waals surface area (Å²) in [5.74, 6) is 2.75. The highest BCUT2D eigenvalue weighted by Gasteiger charge is 2.19. The van der Waals surface area contributed by atoms with Gasteiger partial charge in [0.1, 0.15) is 18.1 Å². The molecule has 0 unspecified atom stereocenters. The van der Waals surface area contributed by atoms with Gasteiger partial charge in [-0.3, -0.25) is 14.9 Å². The molecule has 4 rings (SSSR count). The Kier molecular flexibility index (Phi) is 7.75. The quantitative estimate of drug-likeness (QED) is 0.258. The molecular formula is C28H29N3O5. The molecule has 0 saturated carbocycles. The molecule has 0 aliphatic carbocycles. The Morgan fingerprint density at radius 2 is 1.44 bits per heavy atom. The van der Waals surface area contributed by atoms with E-state index in [0.29, 0.717) is 53.1 Å². The molecule has 0 saturated heterocycles. The molecule has 1 heterocycles. The number of ether oxygens (including phenoxy) is 4. The number of aromatic nitrogens is 2. The van der Waals surface area contributed by atoms with Crippen LogP contribution >= 0.6 is 0 Å². The number of benzene rings is 3. The number of aliphatic imine (C=N–C) groups is 1. The molecule has 3 aromatic carbocycles. The minimum Gasteiger partial charge on any atom is -0.497 e. The second kappa shape index (κ2) is 11.3. The van der Waals surface area contributed by atoms with Gasteiger partial charge in [0.05, 0.1) is 44.8 Å². The third-order valence-electron chi connectivity index (χ3n) is 5.73. The largest absolute Gasteiger partial charge is 0.497 e. The molecule has 1 N–H and O–H groups in total. The Bertz CT molecular complexity index is 1390. The van der Waals surface area contributed by atoms with Crippen molar-refractivity contribution in [1.82, 2.24) is 9.78 Å². The zero-order valence-electron chi connectivity index (χ0n) is 20.8. The average molecular weight is 488 g/mol. The minimum atomic E-state index is -0.196. The molecule has 0 aliphatic heterocycles. The lowest BCUT2D eigenvalue weighted by Crippen LogP contribution is -2.20. The summed E-state index contributed by atoms with van der Waals surface area (Å²) < 4.78 is 23.2. The molecule has 0 spiro atoms. The first-order chi connectivity index (χ1) is 17.5. The fourth-order valence-electron chi connectivity index (χ4n) is 3.84. The number of aromatic amines is 1. The van der Waals surface area contributed by atoms with Gasteiger partial charge in [0.25, 0.3) is 5.56 Å². The maximum atomic E-state index is 13.6. The average Bonchev–Trinajstić information content (AvgIpc) is 3.28. The summed E-state index contributed by atoms with van der Waals surface area (Å²) in [5.41, 5.74) is 3.11. The van der Waals surface area contributed by atoms with Crippen molar-refractivity contribution in [3.63, 3.8) is 0 Å². The SMILES string of the molecule is COc1ccc(-c2[nH]n(-c3ccc(OC)cc3)c(=O)c2C(C)=NCCOc2ccccc2OC)cc1. The zero-order valence-corrected chi connectivity index (χ0v) is 20.8. The topological polar surface area (TPSA) is 87.1 Å². The minimum absolute atomic E-state index is 0.196. The molecule has 36 heavy (non-hydrogen) atoms. The van der Waals surface area contributed by atoms with Gasteiger partial charge in [-0.1, -0.05) is 12.1 Å². The number of rotatable bonds is 10. The number of hydrogen-bond acceptors (Lipinski definition) is 6. The smallest absolute Gasteiger partial charge is 0.280 e. The van der Waals surface area contributed by atoms with Crippen LogP contribution in [0.5, 0.6) is 23.0 Å². The molecule has 0 atom stereocenters. The molecule has 0 fully saturated rings. The number of nitrogens with one attached hydrogen (secondary N) is 1. The van der Waals surface area contributed by atoms with Crippen molar-refractivity contribution in [3.8, 4) is 39.9 Å². The first kappa shape index (κ1) is 24.7. The second-order valence-electron chi connectivity index (χ2n) is 7.90. The van der Waals surface area contributed by atoms with Gasteiger partial charge in [0.15, 0.2) is 11.5 Å². The Morgan fingerprint density at radius 3 is 2.06 bits per heavy atom. The van der Waals surface area contributed by atoms with Crippen LogP contribution in [0.25, 0.3) is 16.9 Å². The van der Waals surface area contributed by atoms with Crippen LogP contribution in [-0.4, -0.2) is 50.0 Å². The molecule has 186 valence electrons. The Morgan fingerprint density at radius 1 is 0.833 bits per heavy atom.